The number of carbonyl (C=O) groups is 3. The molecule has 2 aromatic carbocycles. The van der Waals surface area contributed by atoms with Gasteiger partial charge in [-0.1, -0.05) is 23.2 Å². The summed E-state index contributed by atoms with van der Waals surface area (Å²) < 4.78 is 21.5. The third-order valence-electron chi connectivity index (χ3n) is 4.26. The molecule has 1 aliphatic rings. The minimum atomic E-state index is -0.912. The number of hydrogen-bond donors (Lipinski definition) is 0. The van der Waals surface area contributed by atoms with Gasteiger partial charge >= 0.3 is 17.9 Å². The van der Waals surface area contributed by atoms with Crippen molar-refractivity contribution in [3.8, 4) is 0 Å². The van der Waals surface area contributed by atoms with Gasteiger partial charge in [0.15, 0.2) is 0 Å². The summed E-state index contributed by atoms with van der Waals surface area (Å²) in [4.78, 5) is 35.9. The highest BCUT2D eigenvalue weighted by molar-refractivity contribution is 6.30. The lowest BCUT2D eigenvalue weighted by molar-refractivity contribution is -0.175. The highest BCUT2D eigenvalue weighted by Gasteiger charge is 2.40. The van der Waals surface area contributed by atoms with Gasteiger partial charge < -0.3 is 18.9 Å². The molecule has 1 aliphatic heterocycles. The number of halogens is 2. The summed E-state index contributed by atoms with van der Waals surface area (Å²) >= 11 is 11.6. The van der Waals surface area contributed by atoms with Crippen molar-refractivity contribution >= 4 is 41.1 Å². The van der Waals surface area contributed by atoms with E-state index >= 15 is 0 Å². The predicted molar refractivity (Wildman–Crippen MR) is 107 cm³/mol. The summed E-state index contributed by atoms with van der Waals surface area (Å²) in [5.74, 6) is -1.73. The Hall–Kier alpha value is -2.61. The Morgan fingerprint density at radius 2 is 1.43 bits per heavy atom. The van der Waals surface area contributed by atoms with E-state index in [1.165, 1.54) is 31.2 Å². The van der Waals surface area contributed by atoms with E-state index in [2.05, 4.69) is 0 Å². The van der Waals surface area contributed by atoms with Crippen LogP contribution in [0, 0.1) is 0 Å². The Bertz CT molecular complexity index is 912. The minimum absolute atomic E-state index is 0.113. The van der Waals surface area contributed by atoms with Crippen LogP contribution >= 0.6 is 23.2 Å². The van der Waals surface area contributed by atoms with Crippen molar-refractivity contribution in [3.05, 3.63) is 69.7 Å². The first-order chi connectivity index (χ1) is 14.3. The lowest BCUT2D eigenvalue weighted by Gasteiger charge is -2.18. The molecule has 30 heavy (non-hydrogen) atoms. The van der Waals surface area contributed by atoms with E-state index in [1.54, 1.807) is 24.3 Å². The van der Waals surface area contributed by atoms with E-state index in [-0.39, 0.29) is 13.0 Å². The molecular weight excluding hydrogens is 435 g/mol. The monoisotopic (exact) mass is 452 g/mol. The van der Waals surface area contributed by atoms with Crippen molar-refractivity contribution in [2.75, 3.05) is 6.61 Å². The van der Waals surface area contributed by atoms with Crippen molar-refractivity contribution in [2.24, 2.45) is 0 Å². The summed E-state index contributed by atoms with van der Waals surface area (Å²) in [5.41, 5.74) is 0.607. The molecule has 0 bridgehead atoms. The van der Waals surface area contributed by atoms with Crippen LogP contribution in [-0.2, 0) is 23.7 Å². The van der Waals surface area contributed by atoms with E-state index in [9.17, 15) is 14.4 Å². The fraction of sp³-hybridized carbons (Fsp3) is 0.286. The normalized spacial score (nSPS) is 20.4. The average molecular weight is 453 g/mol. The highest BCUT2D eigenvalue weighted by atomic mass is 35.5. The van der Waals surface area contributed by atoms with Gasteiger partial charge in [0.25, 0.3) is 0 Å². The molecule has 0 unspecified atom stereocenters. The van der Waals surface area contributed by atoms with Gasteiger partial charge in [-0.3, -0.25) is 4.79 Å². The third kappa shape index (κ3) is 5.95. The maximum atomic E-state index is 12.4. The Balaban J connectivity index is 1.65. The quantitative estimate of drug-likeness (QED) is 0.482. The van der Waals surface area contributed by atoms with E-state index < -0.39 is 36.4 Å². The van der Waals surface area contributed by atoms with E-state index in [0.717, 1.165) is 0 Å². The Labute approximate surface area is 182 Å². The van der Waals surface area contributed by atoms with Crippen LogP contribution in [0.2, 0.25) is 10.0 Å². The molecule has 9 heteroatoms. The number of esters is 3. The van der Waals surface area contributed by atoms with E-state index in [0.29, 0.717) is 21.2 Å². The lowest BCUT2D eigenvalue weighted by Crippen LogP contribution is -2.32. The fourth-order valence-corrected chi connectivity index (χ4v) is 3.08. The molecule has 0 radical (unpaired) electrons. The Morgan fingerprint density at radius 1 is 0.900 bits per heavy atom. The smallest absolute Gasteiger partial charge is 0.338 e. The largest absolute Gasteiger partial charge is 0.459 e. The number of benzene rings is 2. The summed E-state index contributed by atoms with van der Waals surface area (Å²) in [6.45, 7) is 1.05. The average Bonchev–Trinajstić information content (AvgIpc) is 3.07. The van der Waals surface area contributed by atoms with Crippen LogP contribution in [0.5, 0.6) is 0 Å². The van der Waals surface area contributed by atoms with Gasteiger partial charge in [-0.15, -0.1) is 0 Å². The molecule has 0 saturated carbocycles. The molecule has 0 N–H and O–H groups in total. The lowest BCUT2D eigenvalue weighted by atomic mass is 10.1. The fourth-order valence-electron chi connectivity index (χ4n) is 2.83. The molecule has 3 atom stereocenters. The van der Waals surface area contributed by atoms with Crippen molar-refractivity contribution in [2.45, 2.75) is 31.8 Å². The molecule has 2 aromatic rings. The first-order valence-corrected chi connectivity index (χ1v) is 9.79. The van der Waals surface area contributed by atoms with Crippen LogP contribution in [-0.4, -0.2) is 43.0 Å². The van der Waals surface area contributed by atoms with Gasteiger partial charge in [0.2, 0.25) is 6.29 Å². The highest BCUT2D eigenvalue weighted by Crippen LogP contribution is 2.26. The molecule has 0 aliphatic carbocycles. The molecule has 0 aromatic heterocycles. The van der Waals surface area contributed by atoms with Gasteiger partial charge in [-0.25, -0.2) is 9.59 Å². The van der Waals surface area contributed by atoms with E-state index in [4.69, 9.17) is 42.1 Å². The zero-order chi connectivity index (χ0) is 21.7. The van der Waals surface area contributed by atoms with Gasteiger partial charge in [0, 0.05) is 17.0 Å². The Kier molecular flexibility index (Phi) is 7.31. The molecule has 3 rings (SSSR count). The first kappa shape index (κ1) is 22.1. The second-order valence-corrected chi connectivity index (χ2v) is 7.38. The second kappa shape index (κ2) is 9.93. The second-order valence-electron chi connectivity index (χ2n) is 6.51. The van der Waals surface area contributed by atoms with Gasteiger partial charge in [0.1, 0.15) is 18.8 Å². The van der Waals surface area contributed by atoms with Crippen LogP contribution in [0.1, 0.15) is 34.1 Å². The van der Waals surface area contributed by atoms with Crippen LogP contribution in [0.15, 0.2) is 48.5 Å². The van der Waals surface area contributed by atoms with Crippen LogP contribution in [0.4, 0.5) is 0 Å². The zero-order valence-electron chi connectivity index (χ0n) is 15.9. The summed E-state index contributed by atoms with van der Waals surface area (Å²) in [6, 6.07) is 12.4. The number of rotatable bonds is 6. The van der Waals surface area contributed by atoms with Gasteiger partial charge in [0.05, 0.1) is 17.5 Å². The molecule has 7 nitrogen and oxygen atoms in total. The van der Waals surface area contributed by atoms with Crippen LogP contribution in [0.25, 0.3) is 0 Å². The number of carbonyl (C=O) groups excluding carboxylic acids is 3. The maximum Gasteiger partial charge on any atom is 0.338 e. The SMILES string of the molecule is CC(=O)O[C@H]1C[C@@H](OC(=O)c2ccc(Cl)cc2)[C@@H](COC(=O)c2ccc(Cl)cc2)O1. The number of hydrogen-bond acceptors (Lipinski definition) is 7. The van der Waals surface area contributed by atoms with Crippen LogP contribution < -0.4 is 0 Å². The van der Waals surface area contributed by atoms with E-state index in [1.807, 2.05) is 0 Å². The number of ether oxygens (including phenoxy) is 4. The van der Waals surface area contributed by atoms with Crippen LogP contribution in [0.3, 0.4) is 0 Å². The van der Waals surface area contributed by atoms with Gasteiger partial charge in [-0.2, -0.15) is 0 Å². The summed E-state index contributed by atoms with van der Waals surface area (Å²) in [7, 11) is 0. The first-order valence-electron chi connectivity index (χ1n) is 9.04. The van der Waals surface area contributed by atoms with Crippen molar-refractivity contribution in [1.29, 1.82) is 0 Å². The predicted octanol–water partition coefficient (Wildman–Crippen LogP) is 4.05. The molecule has 0 amide bonds. The van der Waals surface area contributed by atoms with Crippen molar-refractivity contribution in [3.63, 3.8) is 0 Å². The summed E-state index contributed by atoms with van der Waals surface area (Å²) in [5, 5.41) is 0.974. The molecule has 0 spiro atoms. The molecular formula is C21H18Cl2O7. The molecule has 1 saturated heterocycles. The molecule has 1 fully saturated rings. The van der Waals surface area contributed by atoms with Crippen molar-refractivity contribution < 1.29 is 33.3 Å². The van der Waals surface area contributed by atoms with Gasteiger partial charge in [-0.05, 0) is 48.5 Å². The molecule has 158 valence electrons. The minimum Gasteiger partial charge on any atom is -0.459 e. The standard InChI is InChI=1S/C21H18Cl2O7/c1-12(24)28-19-10-17(30-21(26)14-4-8-16(23)9-5-14)18(29-19)11-27-20(25)13-2-6-15(22)7-3-13/h2-9,17-19H,10-11H2,1H3/t17-,18-,19-/m1/s1. The Morgan fingerprint density at radius 3 is 1.97 bits per heavy atom. The zero-order valence-corrected chi connectivity index (χ0v) is 17.4. The molecule has 1 heterocycles. The summed E-state index contributed by atoms with van der Waals surface area (Å²) in [6.07, 6.45) is -2.38. The van der Waals surface area contributed by atoms with Crippen molar-refractivity contribution in [1.82, 2.24) is 0 Å². The topological polar surface area (TPSA) is 88.1 Å². The maximum absolute atomic E-state index is 12.4. The third-order valence-corrected chi connectivity index (χ3v) is 4.76.